The fourth-order valence-corrected chi connectivity index (χ4v) is 3.74. The van der Waals surface area contributed by atoms with Crippen molar-refractivity contribution < 1.29 is 14.3 Å². The number of amidine groups is 1. The molecule has 0 saturated carbocycles. The Labute approximate surface area is 171 Å². The SMILES string of the molecule is C=CCSC1=NN2C(=c3ccccc3=NC2c2ccc(C(=O)OC)cc2)C(=O)N1. The summed E-state index contributed by atoms with van der Waals surface area (Å²) < 4.78 is 4.76. The molecule has 4 rings (SSSR count). The zero-order valence-corrected chi connectivity index (χ0v) is 16.5. The van der Waals surface area contributed by atoms with Gasteiger partial charge in [-0.2, -0.15) is 0 Å². The van der Waals surface area contributed by atoms with Gasteiger partial charge in [-0.3, -0.25) is 15.1 Å². The molecule has 146 valence electrons. The van der Waals surface area contributed by atoms with E-state index in [1.165, 1.54) is 18.9 Å². The predicted molar refractivity (Wildman–Crippen MR) is 111 cm³/mol. The fraction of sp³-hybridized carbons (Fsp3) is 0.143. The summed E-state index contributed by atoms with van der Waals surface area (Å²) in [7, 11) is 1.34. The summed E-state index contributed by atoms with van der Waals surface area (Å²) in [4.78, 5) is 29.5. The van der Waals surface area contributed by atoms with E-state index in [0.29, 0.717) is 27.5 Å². The van der Waals surface area contributed by atoms with Crippen LogP contribution in [0, 0.1) is 0 Å². The molecule has 0 aliphatic carbocycles. The summed E-state index contributed by atoms with van der Waals surface area (Å²) in [5.74, 6) is -0.0209. The van der Waals surface area contributed by atoms with Gasteiger partial charge in [0.05, 0.1) is 18.0 Å². The molecule has 0 aromatic heterocycles. The Morgan fingerprint density at radius 1 is 1.28 bits per heavy atom. The van der Waals surface area contributed by atoms with Gasteiger partial charge in [0.2, 0.25) is 0 Å². The molecular formula is C21H18N4O3S. The average Bonchev–Trinajstić information content (AvgIpc) is 2.76. The molecule has 8 heteroatoms. The third-order valence-electron chi connectivity index (χ3n) is 4.48. The molecular weight excluding hydrogens is 388 g/mol. The number of hydrogen-bond acceptors (Lipinski definition) is 7. The van der Waals surface area contributed by atoms with Crippen LogP contribution in [-0.4, -0.2) is 34.9 Å². The summed E-state index contributed by atoms with van der Waals surface area (Å²) in [5, 5.41) is 11.0. The Morgan fingerprint density at radius 3 is 2.76 bits per heavy atom. The number of amides is 1. The topological polar surface area (TPSA) is 83.4 Å². The van der Waals surface area contributed by atoms with E-state index < -0.39 is 12.1 Å². The first kappa shape index (κ1) is 18.9. The molecule has 0 saturated heterocycles. The minimum absolute atomic E-state index is 0.231. The van der Waals surface area contributed by atoms with Gasteiger partial charge in [-0.15, -0.1) is 11.7 Å². The van der Waals surface area contributed by atoms with Crippen LogP contribution >= 0.6 is 11.8 Å². The van der Waals surface area contributed by atoms with Gasteiger partial charge in [0.25, 0.3) is 5.91 Å². The maximum Gasteiger partial charge on any atom is 0.337 e. The first-order valence-corrected chi connectivity index (χ1v) is 9.89. The van der Waals surface area contributed by atoms with E-state index in [1.54, 1.807) is 35.4 Å². The van der Waals surface area contributed by atoms with E-state index in [-0.39, 0.29) is 5.91 Å². The Hall–Kier alpha value is -3.39. The normalized spacial score (nSPS) is 17.3. The van der Waals surface area contributed by atoms with Crippen LogP contribution in [0.3, 0.4) is 0 Å². The van der Waals surface area contributed by atoms with Crippen LogP contribution in [0.2, 0.25) is 0 Å². The van der Waals surface area contributed by atoms with Gasteiger partial charge in [-0.05, 0) is 23.8 Å². The van der Waals surface area contributed by atoms with Crippen molar-refractivity contribution in [1.82, 2.24) is 10.3 Å². The van der Waals surface area contributed by atoms with Crippen molar-refractivity contribution in [1.29, 1.82) is 0 Å². The number of para-hydroxylation sites is 1. The van der Waals surface area contributed by atoms with Crippen LogP contribution < -0.4 is 15.9 Å². The number of ether oxygens (including phenoxy) is 1. The molecule has 1 atom stereocenters. The van der Waals surface area contributed by atoms with Crippen LogP contribution in [0.4, 0.5) is 0 Å². The standard InChI is InChI=1S/C21H18N4O3S/c1-3-12-29-21-23-19(26)17-15-6-4-5-7-16(15)22-18(25(17)24-21)13-8-10-14(11-9-13)20(27)28-2/h3-11,18H,1,12H2,2H3,(H,23,24,26). The second kappa shape index (κ2) is 7.92. The number of thioether (sulfide) groups is 1. The van der Waals surface area contributed by atoms with Crippen LogP contribution in [0.25, 0.3) is 5.70 Å². The van der Waals surface area contributed by atoms with Crippen LogP contribution in [0.15, 0.2) is 71.3 Å². The Morgan fingerprint density at radius 2 is 2.03 bits per heavy atom. The number of carbonyl (C=O) groups excluding carboxylic acids is 2. The van der Waals surface area contributed by atoms with E-state index in [4.69, 9.17) is 9.73 Å². The number of fused-ring (bicyclic) bond motifs is 2. The molecule has 2 aliphatic rings. The molecule has 2 heterocycles. The van der Waals surface area contributed by atoms with Gasteiger partial charge in [0.1, 0.15) is 5.70 Å². The van der Waals surface area contributed by atoms with Crippen molar-refractivity contribution in [3.8, 4) is 0 Å². The van der Waals surface area contributed by atoms with Crippen molar-refractivity contribution >= 4 is 34.5 Å². The number of rotatable bonds is 4. The number of nitrogens with one attached hydrogen (secondary N) is 1. The van der Waals surface area contributed by atoms with Crippen LogP contribution in [-0.2, 0) is 9.53 Å². The number of hydrogen-bond donors (Lipinski definition) is 1. The summed E-state index contributed by atoms with van der Waals surface area (Å²) in [6.07, 6.45) is 1.22. The molecule has 2 aliphatic heterocycles. The summed E-state index contributed by atoms with van der Waals surface area (Å²) in [5.41, 5.74) is 1.69. The molecule has 0 radical (unpaired) electrons. The molecule has 0 fully saturated rings. The second-order valence-corrected chi connectivity index (χ2v) is 7.29. The lowest BCUT2D eigenvalue weighted by molar-refractivity contribution is -0.116. The average molecular weight is 406 g/mol. The predicted octanol–water partition coefficient (Wildman–Crippen LogP) is 1.54. The summed E-state index contributed by atoms with van der Waals surface area (Å²) >= 11 is 1.39. The van der Waals surface area contributed by atoms with Gasteiger partial charge < -0.3 is 4.74 Å². The Bertz CT molecular complexity index is 1140. The molecule has 7 nitrogen and oxygen atoms in total. The first-order valence-electron chi connectivity index (χ1n) is 8.90. The van der Waals surface area contributed by atoms with Gasteiger partial charge in [0, 0.05) is 11.0 Å². The molecule has 1 N–H and O–H groups in total. The maximum atomic E-state index is 12.9. The Kier molecular flexibility index (Phi) is 5.18. The highest BCUT2D eigenvalue weighted by atomic mass is 32.2. The van der Waals surface area contributed by atoms with Gasteiger partial charge in [0.15, 0.2) is 11.3 Å². The smallest absolute Gasteiger partial charge is 0.337 e. The van der Waals surface area contributed by atoms with Crippen molar-refractivity contribution in [2.45, 2.75) is 6.17 Å². The third kappa shape index (κ3) is 3.54. The third-order valence-corrected chi connectivity index (χ3v) is 5.34. The number of benzene rings is 2. The van der Waals surface area contributed by atoms with E-state index in [9.17, 15) is 9.59 Å². The second-order valence-electron chi connectivity index (χ2n) is 6.29. The number of methoxy groups -OCH3 is 1. The molecule has 0 spiro atoms. The number of hydrazone groups is 1. The lowest BCUT2D eigenvalue weighted by Crippen LogP contribution is -2.50. The largest absolute Gasteiger partial charge is 0.465 e. The summed E-state index contributed by atoms with van der Waals surface area (Å²) in [6.45, 7) is 3.70. The van der Waals surface area contributed by atoms with Crippen molar-refractivity contribution in [3.05, 3.63) is 82.9 Å². The van der Waals surface area contributed by atoms with Crippen molar-refractivity contribution in [3.63, 3.8) is 0 Å². The first-order chi connectivity index (χ1) is 14.1. The minimum atomic E-state index is -0.531. The number of nitrogens with zero attached hydrogens (tertiary/aromatic N) is 3. The highest BCUT2D eigenvalue weighted by Crippen LogP contribution is 2.30. The maximum absolute atomic E-state index is 12.9. The monoisotopic (exact) mass is 406 g/mol. The zero-order valence-electron chi connectivity index (χ0n) is 15.7. The van der Waals surface area contributed by atoms with Crippen molar-refractivity contribution in [2.24, 2.45) is 10.1 Å². The lowest BCUT2D eigenvalue weighted by atomic mass is 10.1. The van der Waals surface area contributed by atoms with E-state index >= 15 is 0 Å². The molecule has 2 aromatic rings. The lowest BCUT2D eigenvalue weighted by Gasteiger charge is -2.34. The molecule has 1 unspecified atom stereocenters. The Balaban J connectivity index is 1.83. The minimum Gasteiger partial charge on any atom is -0.465 e. The molecule has 0 bridgehead atoms. The quantitative estimate of drug-likeness (QED) is 0.615. The molecule has 1 amide bonds. The highest BCUT2D eigenvalue weighted by Gasteiger charge is 2.34. The van der Waals surface area contributed by atoms with Crippen molar-refractivity contribution in [2.75, 3.05) is 12.9 Å². The van der Waals surface area contributed by atoms with E-state index in [0.717, 1.165) is 10.8 Å². The zero-order chi connectivity index (χ0) is 20.4. The number of esters is 1. The molecule has 29 heavy (non-hydrogen) atoms. The van der Waals surface area contributed by atoms with E-state index in [2.05, 4.69) is 17.0 Å². The highest BCUT2D eigenvalue weighted by molar-refractivity contribution is 8.14. The van der Waals surface area contributed by atoms with Crippen LogP contribution in [0.1, 0.15) is 22.1 Å². The molecule has 2 aromatic carbocycles. The van der Waals surface area contributed by atoms with Crippen LogP contribution in [0.5, 0.6) is 0 Å². The van der Waals surface area contributed by atoms with Gasteiger partial charge in [-0.25, -0.2) is 9.80 Å². The van der Waals surface area contributed by atoms with Gasteiger partial charge >= 0.3 is 5.97 Å². The van der Waals surface area contributed by atoms with E-state index in [1.807, 2.05) is 24.3 Å². The van der Waals surface area contributed by atoms with Gasteiger partial charge in [-0.1, -0.05) is 48.2 Å². The number of carbonyl (C=O) groups is 2. The summed E-state index contributed by atoms with van der Waals surface area (Å²) in [6, 6.07) is 14.4. The fourth-order valence-electron chi connectivity index (χ4n) is 3.16.